The van der Waals surface area contributed by atoms with Crippen molar-refractivity contribution in [1.82, 2.24) is 10.2 Å². The van der Waals surface area contributed by atoms with E-state index in [1.54, 1.807) is 17.0 Å². The van der Waals surface area contributed by atoms with Gasteiger partial charge in [-0.15, -0.1) is 0 Å². The first-order chi connectivity index (χ1) is 11.9. The number of carbonyl (C=O) groups is 3. The standard InChI is InChI=1S/C19H26N2O4/c1-13(2)11-16(22)20-17(14-7-4-3-5-8-14)18(23)21-10-6-9-15(12-21)19(24)25/h3-5,7-8,13,15,17H,6,9-12H2,1-2H3,(H,20,22)(H,24,25)/t15-,17?/m0/s1. The summed E-state index contributed by atoms with van der Waals surface area (Å²) >= 11 is 0. The van der Waals surface area contributed by atoms with Crippen LogP contribution in [0.25, 0.3) is 0 Å². The highest BCUT2D eigenvalue weighted by atomic mass is 16.4. The Labute approximate surface area is 148 Å². The van der Waals surface area contributed by atoms with Crippen LogP contribution < -0.4 is 5.32 Å². The monoisotopic (exact) mass is 346 g/mol. The Kier molecular flexibility index (Phi) is 6.56. The molecule has 0 aromatic heterocycles. The molecule has 0 aliphatic carbocycles. The predicted octanol–water partition coefficient (Wildman–Crippen LogP) is 2.21. The van der Waals surface area contributed by atoms with E-state index >= 15 is 0 Å². The Morgan fingerprint density at radius 1 is 1.24 bits per heavy atom. The highest BCUT2D eigenvalue weighted by Gasteiger charge is 2.33. The minimum absolute atomic E-state index is 0.177. The smallest absolute Gasteiger partial charge is 0.308 e. The van der Waals surface area contributed by atoms with Crippen molar-refractivity contribution in [2.24, 2.45) is 11.8 Å². The van der Waals surface area contributed by atoms with Gasteiger partial charge in [0.25, 0.3) is 0 Å². The van der Waals surface area contributed by atoms with Crippen molar-refractivity contribution in [3.63, 3.8) is 0 Å². The van der Waals surface area contributed by atoms with Crippen LogP contribution in [0.4, 0.5) is 0 Å². The van der Waals surface area contributed by atoms with Crippen LogP contribution in [0.3, 0.4) is 0 Å². The van der Waals surface area contributed by atoms with Gasteiger partial charge in [0.15, 0.2) is 0 Å². The third kappa shape index (κ3) is 5.31. The number of carboxylic acid groups (broad SMARTS) is 1. The van der Waals surface area contributed by atoms with Crippen LogP contribution in [-0.4, -0.2) is 40.9 Å². The molecule has 1 saturated heterocycles. The summed E-state index contributed by atoms with van der Waals surface area (Å²) in [7, 11) is 0. The Hall–Kier alpha value is -2.37. The Bertz CT molecular complexity index is 615. The van der Waals surface area contributed by atoms with Gasteiger partial charge in [0.1, 0.15) is 6.04 Å². The number of nitrogens with one attached hydrogen (secondary N) is 1. The molecule has 1 heterocycles. The first-order valence-electron chi connectivity index (χ1n) is 8.74. The van der Waals surface area contributed by atoms with Gasteiger partial charge >= 0.3 is 5.97 Å². The number of hydrogen-bond acceptors (Lipinski definition) is 3. The molecule has 1 aliphatic rings. The van der Waals surface area contributed by atoms with Crippen molar-refractivity contribution < 1.29 is 19.5 Å². The summed E-state index contributed by atoms with van der Waals surface area (Å²) in [5.41, 5.74) is 0.710. The van der Waals surface area contributed by atoms with Gasteiger partial charge in [-0.2, -0.15) is 0 Å². The molecule has 0 saturated carbocycles. The number of aliphatic carboxylic acids is 1. The van der Waals surface area contributed by atoms with Gasteiger partial charge in [-0.05, 0) is 24.3 Å². The van der Waals surface area contributed by atoms with Crippen molar-refractivity contribution in [2.75, 3.05) is 13.1 Å². The number of hydrogen-bond donors (Lipinski definition) is 2. The molecule has 6 heteroatoms. The summed E-state index contributed by atoms with van der Waals surface area (Å²) in [5, 5.41) is 12.1. The largest absolute Gasteiger partial charge is 0.481 e. The van der Waals surface area contributed by atoms with E-state index in [1.165, 1.54) is 0 Å². The van der Waals surface area contributed by atoms with Crippen molar-refractivity contribution in [3.05, 3.63) is 35.9 Å². The van der Waals surface area contributed by atoms with Gasteiger partial charge in [0, 0.05) is 19.5 Å². The molecule has 136 valence electrons. The molecule has 1 unspecified atom stereocenters. The minimum Gasteiger partial charge on any atom is -0.481 e. The maximum atomic E-state index is 13.0. The van der Waals surface area contributed by atoms with E-state index in [0.29, 0.717) is 31.4 Å². The van der Waals surface area contributed by atoms with Gasteiger partial charge < -0.3 is 15.3 Å². The molecule has 2 rings (SSSR count). The van der Waals surface area contributed by atoms with Gasteiger partial charge in [0.2, 0.25) is 11.8 Å². The van der Waals surface area contributed by atoms with E-state index in [1.807, 2.05) is 32.0 Å². The zero-order chi connectivity index (χ0) is 18.4. The summed E-state index contributed by atoms with van der Waals surface area (Å²) in [5.74, 6) is -1.64. The molecule has 6 nitrogen and oxygen atoms in total. The molecule has 2 N–H and O–H groups in total. The zero-order valence-corrected chi connectivity index (χ0v) is 14.8. The van der Waals surface area contributed by atoms with Crippen LogP contribution in [0, 0.1) is 11.8 Å². The lowest BCUT2D eigenvalue weighted by atomic mass is 9.96. The highest BCUT2D eigenvalue weighted by Crippen LogP contribution is 2.22. The first kappa shape index (κ1) is 19.0. The van der Waals surface area contributed by atoms with Gasteiger partial charge in [0.05, 0.1) is 5.92 Å². The molecule has 0 radical (unpaired) electrons. The average molecular weight is 346 g/mol. The van der Waals surface area contributed by atoms with Crippen LogP contribution in [-0.2, 0) is 14.4 Å². The fraction of sp³-hybridized carbons (Fsp3) is 0.526. The molecule has 1 aromatic rings. The second-order valence-electron chi connectivity index (χ2n) is 6.97. The fourth-order valence-corrected chi connectivity index (χ4v) is 3.09. The van der Waals surface area contributed by atoms with Gasteiger partial charge in [-0.3, -0.25) is 14.4 Å². The number of nitrogens with zero attached hydrogens (tertiary/aromatic N) is 1. The minimum atomic E-state index is -0.877. The lowest BCUT2D eigenvalue weighted by Gasteiger charge is -2.33. The van der Waals surface area contributed by atoms with E-state index in [-0.39, 0.29) is 24.3 Å². The number of carboxylic acids is 1. The van der Waals surface area contributed by atoms with Gasteiger partial charge in [-0.1, -0.05) is 44.2 Å². The van der Waals surface area contributed by atoms with Crippen LogP contribution in [0.1, 0.15) is 44.7 Å². The quantitative estimate of drug-likeness (QED) is 0.827. The van der Waals surface area contributed by atoms with E-state index < -0.39 is 17.9 Å². The highest BCUT2D eigenvalue weighted by molar-refractivity contribution is 5.89. The van der Waals surface area contributed by atoms with Crippen molar-refractivity contribution >= 4 is 17.8 Å². The van der Waals surface area contributed by atoms with Crippen molar-refractivity contribution in [1.29, 1.82) is 0 Å². The van der Waals surface area contributed by atoms with Crippen LogP contribution in [0.5, 0.6) is 0 Å². The Balaban J connectivity index is 2.17. The van der Waals surface area contributed by atoms with Crippen LogP contribution in [0.15, 0.2) is 30.3 Å². The molecule has 1 fully saturated rings. The molecule has 2 amide bonds. The number of likely N-dealkylation sites (tertiary alicyclic amines) is 1. The summed E-state index contributed by atoms with van der Waals surface area (Å²) in [6, 6.07) is 8.32. The molecule has 25 heavy (non-hydrogen) atoms. The molecular formula is C19H26N2O4. The Morgan fingerprint density at radius 2 is 1.92 bits per heavy atom. The molecule has 0 bridgehead atoms. The molecule has 1 aromatic carbocycles. The van der Waals surface area contributed by atoms with E-state index in [9.17, 15) is 19.5 Å². The summed E-state index contributed by atoms with van der Waals surface area (Å²) in [6.45, 7) is 4.60. The van der Waals surface area contributed by atoms with Crippen LogP contribution >= 0.6 is 0 Å². The number of benzene rings is 1. The van der Waals surface area contributed by atoms with Crippen molar-refractivity contribution in [3.8, 4) is 0 Å². The Morgan fingerprint density at radius 3 is 2.52 bits per heavy atom. The average Bonchev–Trinajstić information content (AvgIpc) is 2.59. The lowest BCUT2D eigenvalue weighted by molar-refractivity contribution is -0.147. The normalized spacial score (nSPS) is 18.7. The number of rotatable bonds is 6. The fourth-order valence-electron chi connectivity index (χ4n) is 3.09. The summed E-state index contributed by atoms with van der Waals surface area (Å²) < 4.78 is 0. The number of amides is 2. The maximum absolute atomic E-state index is 13.0. The number of piperidine rings is 1. The molecule has 2 atom stereocenters. The summed E-state index contributed by atoms with van der Waals surface area (Å²) in [4.78, 5) is 38.0. The second kappa shape index (κ2) is 8.65. The van der Waals surface area contributed by atoms with E-state index in [0.717, 1.165) is 0 Å². The molecular weight excluding hydrogens is 320 g/mol. The van der Waals surface area contributed by atoms with E-state index in [4.69, 9.17) is 0 Å². The SMILES string of the molecule is CC(C)CC(=O)NC(C(=O)N1CCC[C@H](C(=O)O)C1)c1ccccc1. The molecule has 0 spiro atoms. The third-order valence-corrected chi connectivity index (χ3v) is 4.36. The first-order valence-corrected chi connectivity index (χ1v) is 8.74. The third-order valence-electron chi connectivity index (χ3n) is 4.36. The maximum Gasteiger partial charge on any atom is 0.308 e. The van der Waals surface area contributed by atoms with Gasteiger partial charge in [-0.25, -0.2) is 0 Å². The van der Waals surface area contributed by atoms with Crippen molar-refractivity contribution in [2.45, 2.75) is 39.2 Å². The molecule has 1 aliphatic heterocycles. The lowest BCUT2D eigenvalue weighted by Crippen LogP contribution is -2.48. The zero-order valence-electron chi connectivity index (χ0n) is 14.8. The van der Waals surface area contributed by atoms with Crippen LogP contribution in [0.2, 0.25) is 0 Å². The summed E-state index contributed by atoms with van der Waals surface area (Å²) in [6.07, 6.45) is 1.58. The topological polar surface area (TPSA) is 86.7 Å². The van der Waals surface area contributed by atoms with E-state index in [2.05, 4.69) is 5.32 Å². The predicted molar refractivity (Wildman–Crippen MR) is 93.7 cm³/mol. The number of carbonyl (C=O) groups excluding carboxylic acids is 2. The second-order valence-corrected chi connectivity index (χ2v) is 6.97.